The van der Waals surface area contributed by atoms with Crippen molar-refractivity contribution in [2.24, 2.45) is 5.92 Å². The minimum atomic E-state index is 0.644. The van der Waals surface area contributed by atoms with Crippen LogP contribution < -0.4 is 5.32 Å². The van der Waals surface area contributed by atoms with Crippen LogP contribution in [0.4, 0.5) is 0 Å². The van der Waals surface area contributed by atoms with Gasteiger partial charge in [0, 0.05) is 25.7 Å². The highest BCUT2D eigenvalue weighted by molar-refractivity contribution is 4.75. The van der Waals surface area contributed by atoms with Crippen LogP contribution in [0.3, 0.4) is 0 Å². The fourth-order valence-electron chi connectivity index (χ4n) is 2.28. The Morgan fingerprint density at radius 3 is 2.76 bits per heavy atom. The van der Waals surface area contributed by atoms with Gasteiger partial charge in [0.25, 0.3) is 0 Å². The lowest BCUT2D eigenvalue weighted by Crippen LogP contribution is -2.44. The minimum absolute atomic E-state index is 0.644. The van der Waals surface area contributed by atoms with Crippen LogP contribution in [-0.4, -0.2) is 50.3 Å². The lowest BCUT2D eigenvalue weighted by molar-refractivity contribution is 0.0829. The third-order valence-electron chi connectivity index (χ3n) is 3.34. The summed E-state index contributed by atoms with van der Waals surface area (Å²) in [5, 5.41) is 3.61. The first-order chi connectivity index (χ1) is 8.22. The predicted molar refractivity (Wildman–Crippen MR) is 73.4 cm³/mol. The van der Waals surface area contributed by atoms with E-state index in [9.17, 15) is 0 Å². The summed E-state index contributed by atoms with van der Waals surface area (Å²) in [4.78, 5) is 2.50. The Morgan fingerprint density at radius 2 is 2.18 bits per heavy atom. The van der Waals surface area contributed by atoms with Gasteiger partial charge in [0.2, 0.25) is 0 Å². The number of hydrogen-bond acceptors (Lipinski definition) is 3. The second-order valence-electron chi connectivity index (χ2n) is 5.51. The van der Waals surface area contributed by atoms with Gasteiger partial charge in [0.15, 0.2) is 0 Å². The maximum atomic E-state index is 5.65. The summed E-state index contributed by atoms with van der Waals surface area (Å²) < 4.78 is 5.65. The SMILES string of the molecule is CCN(CCOCC(C)C)CC1CCCCN1. The van der Waals surface area contributed by atoms with Crippen molar-refractivity contribution in [3.05, 3.63) is 0 Å². The molecule has 1 N–H and O–H groups in total. The summed E-state index contributed by atoms with van der Waals surface area (Å²) in [6.45, 7) is 13.0. The number of nitrogens with one attached hydrogen (secondary N) is 1. The first-order valence-electron chi connectivity index (χ1n) is 7.25. The second kappa shape index (κ2) is 8.90. The maximum Gasteiger partial charge on any atom is 0.0593 e. The van der Waals surface area contributed by atoms with Crippen LogP contribution in [0.5, 0.6) is 0 Å². The van der Waals surface area contributed by atoms with E-state index in [2.05, 4.69) is 31.0 Å². The lowest BCUT2D eigenvalue weighted by Gasteiger charge is -2.29. The Morgan fingerprint density at radius 1 is 1.35 bits per heavy atom. The highest BCUT2D eigenvalue weighted by atomic mass is 16.5. The molecule has 3 heteroatoms. The molecule has 0 aromatic heterocycles. The van der Waals surface area contributed by atoms with E-state index >= 15 is 0 Å². The molecule has 1 unspecified atom stereocenters. The molecule has 1 saturated heterocycles. The topological polar surface area (TPSA) is 24.5 Å². The number of piperidine rings is 1. The van der Waals surface area contributed by atoms with Crippen LogP contribution in [0, 0.1) is 5.92 Å². The van der Waals surface area contributed by atoms with Crippen LogP contribution in [0.25, 0.3) is 0 Å². The van der Waals surface area contributed by atoms with Crippen molar-refractivity contribution in [3.63, 3.8) is 0 Å². The van der Waals surface area contributed by atoms with Gasteiger partial charge in [-0.2, -0.15) is 0 Å². The number of ether oxygens (including phenoxy) is 1. The fraction of sp³-hybridized carbons (Fsp3) is 1.00. The molecule has 0 saturated carbocycles. The molecule has 0 amide bonds. The van der Waals surface area contributed by atoms with Crippen molar-refractivity contribution in [1.29, 1.82) is 0 Å². The van der Waals surface area contributed by atoms with E-state index in [-0.39, 0.29) is 0 Å². The van der Waals surface area contributed by atoms with Crippen molar-refractivity contribution in [1.82, 2.24) is 10.2 Å². The van der Waals surface area contributed by atoms with Gasteiger partial charge in [-0.25, -0.2) is 0 Å². The molecule has 0 aromatic rings. The Labute approximate surface area is 107 Å². The molecule has 3 nitrogen and oxygen atoms in total. The van der Waals surface area contributed by atoms with Gasteiger partial charge < -0.3 is 10.1 Å². The van der Waals surface area contributed by atoms with Gasteiger partial charge in [0.1, 0.15) is 0 Å². The molecular weight excluding hydrogens is 212 g/mol. The van der Waals surface area contributed by atoms with Gasteiger partial charge >= 0.3 is 0 Å². The van der Waals surface area contributed by atoms with Crippen LogP contribution in [-0.2, 0) is 4.74 Å². The highest BCUT2D eigenvalue weighted by Crippen LogP contribution is 2.08. The molecule has 1 atom stereocenters. The van der Waals surface area contributed by atoms with Gasteiger partial charge in [-0.1, -0.05) is 27.2 Å². The summed E-state index contributed by atoms with van der Waals surface area (Å²) in [5.41, 5.74) is 0. The van der Waals surface area contributed by atoms with Crippen LogP contribution in [0.15, 0.2) is 0 Å². The summed E-state index contributed by atoms with van der Waals surface area (Å²) in [6, 6.07) is 0.703. The molecule has 0 bridgehead atoms. The van der Waals surface area contributed by atoms with Gasteiger partial charge in [-0.05, 0) is 31.8 Å². The van der Waals surface area contributed by atoms with E-state index in [0.717, 1.165) is 26.3 Å². The molecule has 0 radical (unpaired) electrons. The predicted octanol–water partition coefficient (Wildman–Crippen LogP) is 2.12. The molecule has 1 heterocycles. The molecule has 1 rings (SSSR count). The lowest BCUT2D eigenvalue weighted by atomic mass is 10.0. The smallest absolute Gasteiger partial charge is 0.0593 e. The van der Waals surface area contributed by atoms with Crippen molar-refractivity contribution in [2.45, 2.75) is 46.1 Å². The number of nitrogens with zero attached hydrogens (tertiary/aromatic N) is 1. The largest absolute Gasteiger partial charge is 0.380 e. The van der Waals surface area contributed by atoms with E-state index in [1.807, 2.05) is 0 Å². The molecule has 1 fully saturated rings. The first-order valence-corrected chi connectivity index (χ1v) is 7.25. The minimum Gasteiger partial charge on any atom is -0.380 e. The summed E-state index contributed by atoms with van der Waals surface area (Å²) >= 11 is 0. The standard InChI is InChI=1S/C14H30N2O/c1-4-16(9-10-17-12-13(2)3)11-14-7-5-6-8-15-14/h13-15H,4-12H2,1-3H3. The molecule has 0 aliphatic carbocycles. The zero-order valence-electron chi connectivity index (χ0n) is 11.9. The third kappa shape index (κ3) is 7.02. The van der Waals surface area contributed by atoms with Crippen LogP contribution in [0.1, 0.15) is 40.0 Å². The van der Waals surface area contributed by atoms with E-state index < -0.39 is 0 Å². The number of likely N-dealkylation sites (N-methyl/N-ethyl adjacent to an activating group) is 1. The Kier molecular flexibility index (Phi) is 7.82. The quantitative estimate of drug-likeness (QED) is 0.660. The number of hydrogen-bond donors (Lipinski definition) is 1. The highest BCUT2D eigenvalue weighted by Gasteiger charge is 2.15. The Hall–Kier alpha value is -0.120. The summed E-state index contributed by atoms with van der Waals surface area (Å²) in [5.74, 6) is 0.644. The van der Waals surface area contributed by atoms with Crippen molar-refractivity contribution >= 4 is 0 Å². The molecular formula is C14H30N2O. The van der Waals surface area contributed by atoms with Gasteiger partial charge in [0.05, 0.1) is 6.61 Å². The monoisotopic (exact) mass is 242 g/mol. The van der Waals surface area contributed by atoms with Gasteiger partial charge in [-0.15, -0.1) is 0 Å². The van der Waals surface area contributed by atoms with Gasteiger partial charge in [-0.3, -0.25) is 4.90 Å². The molecule has 1 aliphatic rings. The summed E-state index contributed by atoms with van der Waals surface area (Å²) in [7, 11) is 0. The Balaban J connectivity index is 2.09. The van der Waals surface area contributed by atoms with E-state index in [1.54, 1.807) is 0 Å². The van der Waals surface area contributed by atoms with Crippen molar-refractivity contribution in [2.75, 3.05) is 39.4 Å². The zero-order chi connectivity index (χ0) is 12.5. The van der Waals surface area contributed by atoms with E-state index in [1.165, 1.54) is 32.4 Å². The fourth-order valence-corrected chi connectivity index (χ4v) is 2.28. The third-order valence-corrected chi connectivity index (χ3v) is 3.34. The average molecular weight is 242 g/mol. The van der Waals surface area contributed by atoms with Crippen molar-refractivity contribution in [3.8, 4) is 0 Å². The first kappa shape index (κ1) is 14.9. The molecule has 0 aromatic carbocycles. The molecule has 1 aliphatic heterocycles. The maximum absolute atomic E-state index is 5.65. The Bertz CT molecular complexity index is 179. The van der Waals surface area contributed by atoms with Crippen molar-refractivity contribution < 1.29 is 4.74 Å². The van der Waals surface area contributed by atoms with E-state index in [4.69, 9.17) is 4.74 Å². The summed E-state index contributed by atoms with van der Waals surface area (Å²) in [6.07, 6.45) is 4.07. The average Bonchev–Trinajstić information content (AvgIpc) is 2.34. The molecule has 17 heavy (non-hydrogen) atoms. The van der Waals surface area contributed by atoms with Crippen LogP contribution in [0.2, 0.25) is 0 Å². The molecule has 0 spiro atoms. The number of rotatable bonds is 8. The second-order valence-corrected chi connectivity index (χ2v) is 5.51. The van der Waals surface area contributed by atoms with Crippen LogP contribution >= 0.6 is 0 Å². The van der Waals surface area contributed by atoms with E-state index in [0.29, 0.717) is 12.0 Å². The zero-order valence-corrected chi connectivity index (χ0v) is 11.9. The molecule has 102 valence electrons. The normalized spacial score (nSPS) is 21.4.